The van der Waals surface area contributed by atoms with Gasteiger partial charge in [-0.05, 0) is 48.0 Å². The van der Waals surface area contributed by atoms with Gasteiger partial charge in [0.1, 0.15) is 24.7 Å². The van der Waals surface area contributed by atoms with Crippen LogP contribution in [0.3, 0.4) is 0 Å². The van der Waals surface area contributed by atoms with Crippen molar-refractivity contribution in [1.82, 2.24) is 0 Å². The number of hydrogen-bond acceptors (Lipinski definition) is 6. The van der Waals surface area contributed by atoms with E-state index in [1.807, 2.05) is 0 Å². The predicted molar refractivity (Wildman–Crippen MR) is 96.1 cm³/mol. The SMILES string of the molecule is COc1ccc(OCCOC(=O)/C=C/c2cc(Cl)c3c(c2)OCO3)cc1. The van der Waals surface area contributed by atoms with Crippen LogP contribution in [0, 0.1) is 0 Å². The maximum Gasteiger partial charge on any atom is 0.330 e. The lowest BCUT2D eigenvalue weighted by Gasteiger charge is -2.07. The van der Waals surface area contributed by atoms with E-state index in [9.17, 15) is 4.79 Å². The predicted octanol–water partition coefficient (Wildman–Crippen LogP) is 3.71. The Hall–Kier alpha value is -2.86. The molecular formula is C19H17ClO6. The lowest BCUT2D eigenvalue weighted by molar-refractivity contribution is -0.138. The van der Waals surface area contributed by atoms with Crippen LogP contribution in [0.15, 0.2) is 42.5 Å². The third-order valence-corrected chi connectivity index (χ3v) is 3.80. The number of fused-ring (bicyclic) bond motifs is 1. The molecule has 2 aromatic rings. The van der Waals surface area contributed by atoms with Crippen LogP contribution in [0.5, 0.6) is 23.0 Å². The minimum atomic E-state index is -0.475. The number of benzene rings is 2. The lowest BCUT2D eigenvalue weighted by Crippen LogP contribution is -2.10. The van der Waals surface area contributed by atoms with E-state index in [-0.39, 0.29) is 20.0 Å². The smallest absolute Gasteiger partial charge is 0.330 e. The van der Waals surface area contributed by atoms with Crippen molar-refractivity contribution in [2.45, 2.75) is 0 Å². The second-order valence-electron chi connectivity index (χ2n) is 5.26. The first-order chi connectivity index (χ1) is 12.7. The molecule has 1 aliphatic rings. The van der Waals surface area contributed by atoms with Crippen LogP contribution in [0.4, 0.5) is 0 Å². The van der Waals surface area contributed by atoms with Crippen molar-refractivity contribution in [2.75, 3.05) is 27.1 Å². The fraction of sp³-hybridized carbons (Fsp3) is 0.211. The molecule has 0 fully saturated rings. The summed E-state index contributed by atoms with van der Waals surface area (Å²) in [6.45, 7) is 0.525. The molecule has 6 nitrogen and oxygen atoms in total. The first-order valence-electron chi connectivity index (χ1n) is 7.86. The van der Waals surface area contributed by atoms with Crippen molar-refractivity contribution >= 4 is 23.6 Å². The average molecular weight is 377 g/mol. The van der Waals surface area contributed by atoms with Crippen molar-refractivity contribution < 1.29 is 28.5 Å². The lowest BCUT2D eigenvalue weighted by atomic mass is 10.2. The molecule has 0 saturated carbocycles. The van der Waals surface area contributed by atoms with Crippen molar-refractivity contribution in [3.05, 3.63) is 53.1 Å². The first kappa shape index (κ1) is 17.9. The molecule has 7 heteroatoms. The normalized spacial score (nSPS) is 12.2. The van der Waals surface area contributed by atoms with Gasteiger partial charge in [0, 0.05) is 6.08 Å². The minimum Gasteiger partial charge on any atom is -0.497 e. The summed E-state index contributed by atoms with van der Waals surface area (Å²) in [5.74, 6) is 2.02. The number of carbonyl (C=O) groups is 1. The molecule has 2 aromatic carbocycles. The van der Waals surface area contributed by atoms with Gasteiger partial charge in [-0.15, -0.1) is 0 Å². The molecular weight excluding hydrogens is 360 g/mol. The molecule has 0 bridgehead atoms. The van der Waals surface area contributed by atoms with Gasteiger partial charge in [0.05, 0.1) is 12.1 Å². The zero-order valence-electron chi connectivity index (χ0n) is 14.1. The van der Waals surface area contributed by atoms with E-state index in [1.165, 1.54) is 6.08 Å². The highest BCUT2D eigenvalue weighted by molar-refractivity contribution is 6.32. The number of methoxy groups -OCH3 is 1. The van der Waals surface area contributed by atoms with Crippen LogP contribution in [-0.4, -0.2) is 33.1 Å². The summed E-state index contributed by atoms with van der Waals surface area (Å²) in [7, 11) is 1.60. The molecule has 1 heterocycles. The van der Waals surface area contributed by atoms with Gasteiger partial charge in [0.15, 0.2) is 11.5 Å². The fourth-order valence-electron chi connectivity index (χ4n) is 2.27. The number of hydrogen-bond donors (Lipinski definition) is 0. The van der Waals surface area contributed by atoms with Crippen molar-refractivity contribution in [3.63, 3.8) is 0 Å². The summed E-state index contributed by atoms with van der Waals surface area (Å²) in [4.78, 5) is 11.8. The minimum absolute atomic E-state index is 0.136. The quantitative estimate of drug-likeness (QED) is 0.417. The average Bonchev–Trinajstić information content (AvgIpc) is 3.13. The van der Waals surface area contributed by atoms with Crippen molar-refractivity contribution in [3.8, 4) is 23.0 Å². The number of ether oxygens (including phenoxy) is 5. The Morgan fingerprint density at radius 3 is 2.69 bits per heavy atom. The molecule has 0 atom stereocenters. The van der Waals surface area contributed by atoms with Crippen LogP contribution in [-0.2, 0) is 9.53 Å². The van der Waals surface area contributed by atoms with E-state index in [0.29, 0.717) is 27.8 Å². The van der Waals surface area contributed by atoms with Crippen molar-refractivity contribution in [2.24, 2.45) is 0 Å². The summed E-state index contributed by atoms with van der Waals surface area (Å²) in [6.07, 6.45) is 2.92. The van der Waals surface area contributed by atoms with E-state index in [1.54, 1.807) is 49.6 Å². The van der Waals surface area contributed by atoms with Gasteiger partial charge in [-0.2, -0.15) is 0 Å². The molecule has 0 saturated heterocycles. The number of esters is 1. The summed E-state index contributed by atoms with van der Waals surface area (Å²) in [6, 6.07) is 10.6. The van der Waals surface area contributed by atoms with Gasteiger partial charge >= 0.3 is 5.97 Å². The molecule has 136 valence electrons. The van der Waals surface area contributed by atoms with Gasteiger partial charge in [0.25, 0.3) is 0 Å². The molecule has 0 amide bonds. The Kier molecular flexibility index (Phi) is 5.86. The van der Waals surface area contributed by atoms with Crippen LogP contribution >= 0.6 is 11.6 Å². The van der Waals surface area contributed by atoms with Gasteiger partial charge < -0.3 is 23.7 Å². The Morgan fingerprint density at radius 1 is 1.15 bits per heavy atom. The monoisotopic (exact) mass is 376 g/mol. The second-order valence-corrected chi connectivity index (χ2v) is 5.67. The molecule has 0 aromatic heterocycles. The Morgan fingerprint density at radius 2 is 1.92 bits per heavy atom. The van der Waals surface area contributed by atoms with Gasteiger partial charge in [-0.3, -0.25) is 0 Å². The molecule has 1 aliphatic heterocycles. The largest absolute Gasteiger partial charge is 0.497 e. The standard InChI is InChI=1S/C19H17ClO6/c1-22-14-3-5-15(6-4-14)23-8-9-24-18(21)7-2-13-10-16(20)19-17(11-13)25-12-26-19/h2-7,10-11H,8-9,12H2,1H3/b7-2+. The number of halogens is 1. The Balaban J connectivity index is 1.44. The third kappa shape index (κ3) is 4.61. The van der Waals surface area contributed by atoms with E-state index < -0.39 is 5.97 Å². The third-order valence-electron chi connectivity index (χ3n) is 3.52. The van der Waals surface area contributed by atoms with Crippen LogP contribution < -0.4 is 18.9 Å². The molecule has 0 spiro atoms. The highest BCUT2D eigenvalue weighted by Gasteiger charge is 2.17. The van der Waals surface area contributed by atoms with E-state index >= 15 is 0 Å². The van der Waals surface area contributed by atoms with Crippen molar-refractivity contribution in [1.29, 1.82) is 0 Å². The molecule has 0 radical (unpaired) electrons. The van der Waals surface area contributed by atoms with Gasteiger partial charge in [-0.25, -0.2) is 4.79 Å². The van der Waals surface area contributed by atoms with Crippen LogP contribution in [0.2, 0.25) is 5.02 Å². The molecule has 0 unspecified atom stereocenters. The first-order valence-corrected chi connectivity index (χ1v) is 8.24. The maximum atomic E-state index is 11.8. The van der Waals surface area contributed by atoms with Crippen LogP contribution in [0.25, 0.3) is 6.08 Å². The van der Waals surface area contributed by atoms with Gasteiger partial charge in [-0.1, -0.05) is 11.6 Å². The summed E-state index contributed by atoms with van der Waals surface area (Å²) in [5.41, 5.74) is 0.714. The maximum absolute atomic E-state index is 11.8. The second kappa shape index (κ2) is 8.49. The summed E-state index contributed by atoms with van der Waals surface area (Å²) < 4.78 is 26.2. The topological polar surface area (TPSA) is 63.2 Å². The molecule has 0 N–H and O–H groups in total. The summed E-state index contributed by atoms with van der Waals surface area (Å²) >= 11 is 6.09. The highest BCUT2D eigenvalue weighted by atomic mass is 35.5. The van der Waals surface area contributed by atoms with E-state index in [2.05, 4.69) is 0 Å². The Bertz CT molecular complexity index is 800. The van der Waals surface area contributed by atoms with E-state index in [0.717, 1.165) is 5.75 Å². The molecule has 3 rings (SSSR count). The van der Waals surface area contributed by atoms with Crippen LogP contribution in [0.1, 0.15) is 5.56 Å². The van der Waals surface area contributed by atoms with Gasteiger partial charge in [0.2, 0.25) is 6.79 Å². The molecule has 0 aliphatic carbocycles. The number of rotatable bonds is 7. The fourth-order valence-corrected chi connectivity index (χ4v) is 2.54. The molecule has 26 heavy (non-hydrogen) atoms. The van der Waals surface area contributed by atoms with E-state index in [4.69, 9.17) is 35.3 Å². The Labute approximate surface area is 155 Å². The zero-order valence-corrected chi connectivity index (χ0v) is 14.8. The number of carbonyl (C=O) groups excluding carboxylic acids is 1. The zero-order chi connectivity index (χ0) is 18.4. The highest BCUT2D eigenvalue weighted by Crippen LogP contribution is 2.40. The summed E-state index contributed by atoms with van der Waals surface area (Å²) in [5, 5.41) is 0.431.